The van der Waals surface area contributed by atoms with E-state index in [0.717, 1.165) is 34.3 Å². The van der Waals surface area contributed by atoms with Gasteiger partial charge in [-0.1, -0.05) is 20.8 Å². The van der Waals surface area contributed by atoms with Crippen molar-refractivity contribution in [1.29, 1.82) is 0 Å². The molecule has 0 radical (unpaired) electrons. The molecular formula is C19H28BrNO3. The lowest BCUT2D eigenvalue weighted by atomic mass is 9.79. The van der Waals surface area contributed by atoms with Crippen LogP contribution in [0.25, 0.3) is 0 Å². The molecule has 1 aromatic rings. The molecule has 0 bridgehead atoms. The summed E-state index contributed by atoms with van der Waals surface area (Å²) in [5.41, 5.74) is 1.45. The van der Waals surface area contributed by atoms with E-state index in [2.05, 4.69) is 36.7 Å². The van der Waals surface area contributed by atoms with Gasteiger partial charge in [0, 0.05) is 6.04 Å². The van der Waals surface area contributed by atoms with Crippen molar-refractivity contribution in [2.24, 2.45) is 5.41 Å². The van der Waals surface area contributed by atoms with Crippen LogP contribution in [0.3, 0.4) is 0 Å². The predicted molar refractivity (Wildman–Crippen MR) is 101 cm³/mol. The van der Waals surface area contributed by atoms with Gasteiger partial charge in [0.25, 0.3) is 0 Å². The number of carbonyl (C=O) groups excluding carboxylic acids is 1. The second kappa shape index (κ2) is 6.58. The van der Waals surface area contributed by atoms with Crippen LogP contribution in [0.2, 0.25) is 0 Å². The maximum Gasteiger partial charge on any atom is 0.415 e. The Kier molecular flexibility index (Phi) is 5.24. The largest absolute Gasteiger partial charge is 0.496 e. The topological polar surface area (TPSA) is 38.8 Å². The fraction of sp³-hybridized carbons (Fsp3) is 0.632. The van der Waals surface area contributed by atoms with Crippen LogP contribution in [-0.2, 0) is 11.2 Å². The van der Waals surface area contributed by atoms with Crippen LogP contribution in [0.15, 0.2) is 16.6 Å². The minimum Gasteiger partial charge on any atom is -0.496 e. The fourth-order valence-electron chi connectivity index (χ4n) is 3.11. The Morgan fingerprint density at radius 3 is 2.33 bits per heavy atom. The zero-order valence-corrected chi connectivity index (χ0v) is 17.3. The number of hydrogen-bond acceptors (Lipinski definition) is 3. The molecular weight excluding hydrogens is 370 g/mol. The minimum atomic E-state index is -0.527. The number of rotatable bonds is 1. The third-order valence-corrected chi connectivity index (χ3v) is 4.82. The highest BCUT2D eigenvalue weighted by molar-refractivity contribution is 9.10. The van der Waals surface area contributed by atoms with Crippen LogP contribution in [0.5, 0.6) is 5.75 Å². The van der Waals surface area contributed by atoms with Gasteiger partial charge in [0.05, 0.1) is 17.3 Å². The molecule has 134 valence electrons. The summed E-state index contributed by atoms with van der Waals surface area (Å²) in [6.45, 7) is 12.2. The first-order valence-corrected chi connectivity index (χ1v) is 9.12. The summed E-state index contributed by atoms with van der Waals surface area (Å²) < 4.78 is 11.9. The maximum absolute atomic E-state index is 13.0. The molecule has 1 heterocycles. The Morgan fingerprint density at radius 1 is 1.21 bits per heavy atom. The van der Waals surface area contributed by atoms with Crippen molar-refractivity contribution < 1.29 is 14.3 Å². The Morgan fingerprint density at radius 2 is 1.83 bits per heavy atom. The van der Waals surface area contributed by atoms with E-state index in [1.54, 1.807) is 7.11 Å². The van der Waals surface area contributed by atoms with E-state index in [-0.39, 0.29) is 17.6 Å². The van der Waals surface area contributed by atoms with Crippen LogP contribution in [0, 0.1) is 5.41 Å². The number of hydrogen-bond donors (Lipinski definition) is 0. The molecule has 0 saturated carbocycles. The van der Waals surface area contributed by atoms with Crippen molar-refractivity contribution in [1.82, 2.24) is 0 Å². The first kappa shape index (κ1) is 19.1. The summed E-state index contributed by atoms with van der Waals surface area (Å²) in [7, 11) is 1.65. The maximum atomic E-state index is 13.0. The fourth-order valence-corrected chi connectivity index (χ4v) is 3.61. The summed E-state index contributed by atoms with van der Waals surface area (Å²) in [4.78, 5) is 14.8. The van der Waals surface area contributed by atoms with Crippen molar-refractivity contribution in [2.45, 2.75) is 66.0 Å². The van der Waals surface area contributed by atoms with Crippen LogP contribution in [-0.4, -0.2) is 24.8 Å². The Hall–Kier alpha value is -1.23. The molecule has 0 aromatic heterocycles. The Balaban J connectivity index is 2.52. The highest BCUT2D eigenvalue weighted by Gasteiger charge is 2.40. The number of ether oxygens (including phenoxy) is 2. The zero-order chi connectivity index (χ0) is 18.3. The van der Waals surface area contributed by atoms with Gasteiger partial charge in [0.1, 0.15) is 11.4 Å². The first-order chi connectivity index (χ1) is 10.9. The van der Waals surface area contributed by atoms with E-state index in [9.17, 15) is 4.79 Å². The molecule has 1 aliphatic heterocycles. The van der Waals surface area contributed by atoms with E-state index in [1.807, 2.05) is 37.8 Å². The Bertz CT molecular complexity index is 629. The van der Waals surface area contributed by atoms with E-state index in [0.29, 0.717) is 0 Å². The molecule has 0 aliphatic carbocycles. The average Bonchev–Trinajstić information content (AvgIpc) is 2.42. The molecule has 2 rings (SSSR count). The Labute approximate surface area is 153 Å². The van der Waals surface area contributed by atoms with E-state index >= 15 is 0 Å². The van der Waals surface area contributed by atoms with Crippen molar-refractivity contribution in [2.75, 3.05) is 12.0 Å². The van der Waals surface area contributed by atoms with Gasteiger partial charge < -0.3 is 9.47 Å². The normalized spacial score (nSPS) is 18.2. The van der Waals surface area contributed by atoms with Gasteiger partial charge in [-0.2, -0.15) is 0 Å². The van der Waals surface area contributed by atoms with Crippen LogP contribution >= 0.6 is 15.9 Å². The number of aryl methyl sites for hydroxylation is 1. The van der Waals surface area contributed by atoms with Crippen molar-refractivity contribution >= 4 is 27.7 Å². The molecule has 0 N–H and O–H groups in total. The lowest BCUT2D eigenvalue weighted by Gasteiger charge is -2.44. The highest BCUT2D eigenvalue weighted by atomic mass is 79.9. The lowest BCUT2D eigenvalue weighted by Crippen LogP contribution is -2.51. The van der Waals surface area contributed by atoms with Crippen molar-refractivity contribution in [3.05, 3.63) is 22.2 Å². The molecule has 4 nitrogen and oxygen atoms in total. The number of halogens is 1. The van der Waals surface area contributed by atoms with Crippen LogP contribution in [0.4, 0.5) is 10.5 Å². The number of methoxy groups -OCH3 is 1. The van der Waals surface area contributed by atoms with Gasteiger partial charge in [0.2, 0.25) is 0 Å². The molecule has 1 atom stereocenters. The molecule has 0 saturated heterocycles. The molecule has 5 heteroatoms. The number of fused-ring (bicyclic) bond motifs is 1. The molecule has 0 spiro atoms. The second-order valence-electron chi connectivity index (χ2n) is 8.39. The van der Waals surface area contributed by atoms with Gasteiger partial charge in [-0.15, -0.1) is 0 Å². The average molecular weight is 398 g/mol. The number of benzene rings is 1. The standard InChI is InChI=1S/C19H28BrNO3/c1-18(2,3)16-9-8-12-10-15(23-7)13(20)11-14(12)21(16)17(22)24-19(4,5)6/h10-11,16H,8-9H2,1-7H3. The van der Waals surface area contributed by atoms with E-state index < -0.39 is 5.60 Å². The molecule has 1 amide bonds. The molecule has 1 unspecified atom stereocenters. The van der Waals surface area contributed by atoms with Crippen molar-refractivity contribution in [3.8, 4) is 5.75 Å². The summed E-state index contributed by atoms with van der Waals surface area (Å²) in [6, 6.07) is 4.06. The van der Waals surface area contributed by atoms with Gasteiger partial charge in [-0.3, -0.25) is 4.90 Å². The molecule has 0 fully saturated rings. The number of nitrogens with zero attached hydrogens (tertiary/aromatic N) is 1. The third-order valence-electron chi connectivity index (χ3n) is 4.20. The number of carbonyl (C=O) groups is 1. The van der Waals surface area contributed by atoms with E-state index in [4.69, 9.17) is 9.47 Å². The highest BCUT2D eigenvalue weighted by Crippen LogP contribution is 2.42. The lowest BCUT2D eigenvalue weighted by molar-refractivity contribution is 0.0531. The van der Waals surface area contributed by atoms with Crippen molar-refractivity contribution in [3.63, 3.8) is 0 Å². The summed E-state index contributed by atoms with van der Waals surface area (Å²) >= 11 is 3.54. The zero-order valence-electron chi connectivity index (χ0n) is 15.7. The number of anilines is 1. The summed E-state index contributed by atoms with van der Waals surface area (Å²) in [5, 5.41) is 0. The SMILES string of the molecule is COc1cc2c(cc1Br)N(C(=O)OC(C)(C)C)C(C(C)(C)C)CC2. The van der Waals surface area contributed by atoms with Crippen LogP contribution < -0.4 is 9.64 Å². The smallest absolute Gasteiger partial charge is 0.415 e. The van der Waals surface area contributed by atoms with Gasteiger partial charge in [0.15, 0.2) is 0 Å². The first-order valence-electron chi connectivity index (χ1n) is 8.32. The predicted octanol–water partition coefficient (Wildman–Crippen LogP) is 5.56. The van der Waals surface area contributed by atoms with Gasteiger partial charge in [-0.05, 0) is 72.7 Å². The van der Waals surface area contributed by atoms with E-state index in [1.165, 1.54) is 0 Å². The van der Waals surface area contributed by atoms with Crippen LogP contribution in [0.1, 0.15) is 53.5 Å². The quantitative estimate of drug-likeness (QED) is 0.622. The van der Waals surface area contributed by atoms with Gasteiger partial charge >= 0.3 is 6.09 Å². The summed E-state index contributed by atoms with van der Waals surface area (Å²) in [5.74, 6) is 0.784. The minimum absolute atomic E-state index is 0.0407. The summed E-state index contributed by atoms with van der Waals surface area (Å²) in [6.07, 6.45) is 1.53. The number of amides is 1. The second-order valence-corrected chi connectivity index (χ2v) is 9.24. The molecule has 24 heavy (non-hydrogen) atoms. The third kappa shape index (κ3) is 4.05. The molecule has 1 aliphatic rings. The molecule has 1 aromatic carbocycles. The monoisotopic (exact) mass is 397 g/mol. The van der Waals surface area contributed by atoms with Gasteiger partial charge in [-0.25, -0.2) is 4.79 Å².